The minimum atomic E-state index is -0.158. The quantitative estimate of drug-likeness (QED) is 0.890. The Morgan fingerprint density at radius 3 is 2.92 bits per heavy atom. The van der Waals surface area contributed by atoms with E-state index in [4.69, 9.17) is 0 Å². The molecule has 1 N–H and O–H groups in total. The van der Waals surface area contributed by atoms with E-state index in [1.165, 1.54) is 11.5 Å². The van der Waals surface area contributed by atoms with E-state index >= 15 is 0 Å². The monoisotopic (exact) mass is 347 g/mol. The first-order chi connectivity index (χ1) is 11.6. The Morgan fingerprint density at radius 2 is 2.21 bits per heavy atom. The van der Waals surface area contributed by atoms with Crippen LogP contribution in [0.15, 0.2) is 23.0 Å². The molecule has 4 rings (SSSR count). The van der Waals surface area contributed by atoms with Crippen molar-refractivity contribution in [2.75, 3.05) is 43.6 Å². The van der Waals surface area contributed by atoms with Crippen molar-refractivity contribution in [2.24, 2.45) is 5.92 Å². The molecule has 0 radical (unpaired) electrons. The van der Waals surface area contributed by atoms with Gasteiger partial charge < -0.3 is 19.5 Å². The molecule has 0 unspecified atom stereocenters. The molecule has 2 aliphatic heterocycles. The Kier molecular flexibility index (Phi) is 3.80. The molecular formula is C16H21N5O2S. The van der Waals surface area contributed by atoms with Gasteiger partial charge in [-0.1, -0.05) is 6.07 Å². The number of aliphatic hydroxyl groups excluding tert-OH is 1. The lowest BCUT2D eigenvalue weighted by molar-refractivity contribution is 0.132. The van der Waals surface area contributed by atoms with Gasteiger partial charge in [0.15, 0.2) is 0 Å². The van der Waals surface area contributed by atoms with Crippen molar-refractivity contribution in [3.05, 3.63) is 34.2 Å². The van der Waals surface area contributed by atoms with Crippen LogP contribution in [0.25, 0.3) is 0 Å². The largest absolute Gasteiger partial charge is 0.394 e. The third-order valence-corrected chi connectivity index (χ3v) is 5.83. The maximum Gasteiger partial charge on any atom is 0.251 e. The highest BCUT2D eigenvalue weighted by atomic mass is 32.1. The van der Waals surface area contributed by atoms with Crippen LogP contribution in [0, 0.1) is 5.92 Å². The summed E-state index contributed by atoms with van der Waals surface area (Å²) in [7, 11) is 3.86. The van der Waals surface area contributed by atoms with Crippen LogP contribution in [0.4, 0.5) is 11.1 Å². The van der Waals surface area contributed by atoms with E-state index < -0.39 is 0 Å². The molecule has 7 nitrogen and oxygen atoms in total. The highest BCUT2D eigenvalue weighted by molar-refractivity contribution is 7.09. The number of fused-ring (bicyclic) bond motifs is 4. The van der Waals surface area contributed by atoms with Crippen molar-refractivity contribution in [3.63, 3.8) is 0 Å². The van der Waals surface area contributed by atoms with Gasteiger partial charge in [-0.25, -0.2) is 0 Å². The SMILES string of the molecule is CN(C)c1nsc(N2C[C@H]3C[C@@H](C2)[C@H](CO)n2c3cccc2=O)n1. The van der Waals surface area contributed by atoms with Gasteiger partial charge in [0.2, 0.25) is 11.1 Å². The Balaban J connectivity index is 1.70. The number of aliphatic hydroxyl groups is 1. The maximum atomic E-state index is 12.3. The Morgan fingerprint density at radius 1 is 1.38 bits per heavy atom. The van der Waals surface area contributed by atoms with Gasteiger partial charge in [0, 0.05) is 62.3 Å². The first-order valence-electron chi connectivity index (χ1n) is 8.16. The predicted octanol–water partition coefficient (Wildman–Crippen LogP) is 0.923. The summed E-state index contributed by atoms with van der Waals surface area (Å²) in [6, 6.07) is 5.25. The fourth-order valence-corrected chi connectivity index (χ4v) is 4.71. The number of rotatable bonds is 3. The van der Waals surface area contributed by atoms with Gasteiger partial charge in [0.25, 0.3) is 5.56 Å². The van der Waals surface area contributed by atoms with Crippen molar-refractivity contribution in [1.29, 1.82) is 0 Å². The van der Waals surface area contributed by atoms with Crippen molar-refractivity contribution in [2.45, 2.75) is 18.4 Å². The molecule has 24 heavy (non-hydrogen) atoms. The van der Waals surface area contributed by atoms with Crippen molar-refractivity contribution in [1.82, 2.24) is 13.9 Å². The number of hydrogen-bond acceptors (Lipinski definition) is 7. The van der Waals surface area contributed by atoms with Crippen LogP contribution < -0.4 is 15.4 Å². The molecule has 2 aromatic rings. The van der Waals surface area contributed by atoms with Crippen LogP contribution in [0.3, 0.4) is 0 Å². The molecule has 0 amide bonds. The zero-order valence-electron chi connectivity index (χ0n) is 13.8. The smallest absolute Gasteiger partial charge is 0.251 e. The van der Waals surface area contributed by atoms with Crippen LogP contribution in [0.2, 0.25) is 0 Å². The maximum absolute atomic E-state index is 12.3. The molecule has 128 valence electrons. The molecule has 2 aliphatic rings. The number of piperidine rings is 1. The molecule has 0 aliphatic carbocycles. The van der Waals surface area contributed by atoms with E-state index in [0.717, 1.165) is 36.3 Å². The molecule has 2 bridgehead atoms. The average molecular weight is 347 g/mol. The highest BCUT2D eigenvalue weighted by Crippen LogP contribution is 2.42. The standard InChI is InChI=1S/C16H21N5O2S/c1-19(2)15-17-16(24-18-15)20-7-10-6-11(8-20)13(9-22)21-12(10)4-3-5-14(21)23/h3-5,10-11,13,22H,6-9H2,1-2H3/t10-,11+,13+/m1/s1. The number of aromatic nitrogens is 3. The summed E-state index contributed by atoms with van der Waals surface area (Å²) in [5.74, 6) is 1.25. The third-order valence-electron chi connectivity index (χ3n) is 5.06. The summed E-state index contributed by atoms with van der Waals surface area (Å²) in [4.78, 5) is 21.1. The average Bonchev–Trinajstić information content (AvgIpc) is 3.06. The molecule has 3 atom stereocenters. The minimum absolute atomic E-state index is 0.0127. The van der Waals surface area contributed by atoms with Gasteiger partial charge in [-0.2, -0.15) is 9.36 Å². The summed E-state index contributed by atoms with van der Waals surface area (Å²) < 4.78 is 6.20. The van der Waals surface area contributed by atoms with E-state index in [9.17, 15) is 9.90 Å². The summed E-state index contributed by atoms with van der Waals surface area (Å²) >= 11 is 1.41. The van der Waals surface area contributed by atoms with Gasteiger partial charge in [-0.05, 0) is 12.5 Å². The Bertz CT molecular complexity index is 802. The molecule has 2 aromatic heterocycles. The van der Waals surface area contributed by atoms with E-state index in [0.29, 0.717) is 0 Å². The second kappa shape index (κ2) is 5.86. The molecule has 4 heterocycles. The van der Waals surface area contributed by atoms with Crippen LogP contribution in [0.5, 0.6) is 0 Å². The van der Waals surface area contributed by atoms with Crippen LogP contribution >= 0.6 is 11.5 Å². The lowest BCUT2D eigenvalue weighted by Crippen LogP contribution is -2.50. The van der Waals surface area contributed by atoms with Crippen LogP contribution in [-0.2, 0) is 0 Å². The normalized spacial score (nSPS) is 25.5. The minimum Gasteiger partial charge on any atom is -0.394 e. The van der Waals surface area contributed by atoms with Gasteiger partial charge in [-0.15, -0.1) is 0 Å². The van der Waals surface area contributed by atoms with Crippen molar-refractivity contribution < 1.29 is 5.11 Å². The first kappa shape index (κ1) is 15.6. The Labute approximate surface area is 144 Å². The van der Waals surface area contributed by atoms with E-state index in [2.05, 4.69) is 14.3 Å². The van der Waals surface area contributed by atoms with Crippen LogP contribution in [0.1, 0.15) is 24.1 Å². The third kappa shape index (κ3) is 2.41. The molecule has 1 saturated heterocycles. The number of hydrogen-bond donors (Lipinski definition) is 1. The number of anilines is 2. The zero-order chi connectivity index (χ0) is 16.8. The zero-order valence-corrected chi connectivity index (χ0v) is 14.6. The molecule has 0 saturated carbocycles. The summed E-state index contributed by atoms with van der Waals surface area (Å²) in [6.45, 7) is 1.62. The summed E-state index contributed by atoms with van der Waals surface area (Å²) in [5.41, 5.74) is 1.01. The molecule has 1 fully saturated rings. The highest BCUT2D eigenvalue weighted by Gasteiger charge is 2.41. The fourth-order valence-electron chi connectivity index (χ4n) is 3.95. The number of nitrogens with zero attached hydrogens (tertiary/aromatic N) is 5. The van der Waals surface area contributed by atoms with Crippen molar-refractivity contribution in [3.8, 4) is 0 Å². The van der Waals surface area contributed by atoms with E-state index in [1.54, 1.807) is 6.07 Å². The first-order valence-corrected chi connectivity index (χ1v) is 8.94. The van der Waals surface area contributed by atoms with E-state index in [1.807, 2.05) is 35.7 Å². The van der Waals surface area contributed by atoms with Gasteiger partial charge in [0.1, 0.15) is 0 Å². The Hall–Kier alpha value is -1.93. The summed E-state index contributed by atoms with van der Waals surface area (Å²) in [5, 5.41) is 10.8. The molecular weight excluding hydrogens is 326 g/mol. The van der Waals surface area contributed by atoms with E-state index in [-0.39, 0.29) is 30.0 Å². The molecule has 8 heteroatoms. The van der Waals surface area contributed by atoms with Gasteiger partial charge in [0.05, 0.1) is 12.6 Å². The second-order valence-corrected chi connectivity index (χ2v) is 7.51. The molecule has 0 aromatic carbocycles. The lowest BCUT2D eigenvalue weighted by atomic mass is 9.79. The summed E-state index contributed by atoms with van der Waals surface area (Å²) in [6.07, 6.45) is 1.00. The molecule has 0 spiro atoms. The van der Waals surface area contributed by atoms with Crippen molar-refractivity contribution >= 4 is 22.6 Å². The second-order valence-electron chi connectivity index (χ2n) is 6.78. The topological polar surface area (TPSA) is 74.5 Å². The fraction of sp³-hybridized carbons (Fsp3) is 0.562. The van der Waals surface area contributed by atoms with Gasteiger partial charge >= 0.3 is 0 Å². The lowest BCUT2D eigenvalue weighted by Gasteiger charge is -2.46. The van der Waals surface area contributed by atoms with Gasteiger partial charge in [-0.3, -0.25) is 4.79 Å². The van der Waals surface area contributed by atoms with Crippen LogP contribution in [-0.4, -0.2) is 52.8 Å². The predicted molar refractivity (Wildman–Crippen MR) is 94.1 cm³/mol. The number of pyridine rings is 1.